The third kappa shape index (κ3) is 2.56. The first-order valence-electron chi connectivity index (χ1n) is 6.02. The molecule has 0 aliphatic heterocycles. The van der Waals surface area contributed by atoms with Crippen molar-refractivity contribution in [1.29, 1.82) is 0 Å². The molecule has 2 aromatic rings. The summed E-state index contributed by atoms with van der Waals surface area (Å²) in [5, 5.41) is 5.03. The Labute approximate surface area is 112 Å². The van der Waals surface area contributed by atoms with Crippen molar-refractivity contribution in [3.63, 3.8) is 0 Å². The van der Waals surface area contributed by atoms with Gasteiger partial charge in [0.15, 0.2) is 5.13 Å². The number of hydrogen-bond acceptors (Lipinski definition) is 4. The molecule has 0 radical (unpaired) electrons. The van der Waals surface area contributed by atoms with Crippen molar-refractivity contribution in [1.82, 2.24) is 14.8 Å². The molecule has 0 atom stereocenters. The topological polar surface area (TPSA) is 56.7 Å². The average Bonchev–Trinajstić information content (AvgIpc) is 2.70. The third-order valence-electron chi connectivity index (χ3n) is 2.89. The fraction of sp³-hybridized carbons (Fsp3) is 0.538. The lowest BCUT2D eigenvalue weighted by Gasteiger charge is -2.17. The Balaban J connectivity index is 2.38. The number of nitrogen functional groups attached to an aromatic ring is 1. The number of aromatic nitrogens is 3. The molecule has 0 aliphatic carbocycles. The van der Waals surface area contributed by atoms with Crippen molar-refractivity contribution >= 4 is 16.5 Å². The van der Waals surface area contributed by atoms with E-state index in [1.165, 1.54) is 10.4 Å². The standard InChI is InChI=1S/C13H20N4S/c1-8-9(7-17(5)16-8)6-10-11(13(2,3)4)15-12(14)18-10/h7H,6H2,1-5H3,(H2,14,15). The molecule has 2 heterocycles. The lowest BCUT2D eigenvalue weighted by atomic mass is 9.90. The summed E-state index contributed by atoms with van der Waals surface area (Å²) in [6.07, 6.45) is 2.93. The third-order valence-corrected chi connectivity index (χ3v) is 3.77. The van der Waals surface area contributed by atoms with Gasteiger partial charge in [0.2, 0.25) is 0 Å². The first kappa shape index (κ1) is 13.1. The molecule has 0 amide bonds. The van der Waals surface area contributed by atoms with Gasteiger partial charge in [0, 0.05) is 30.0 Å². The van der Waals surface area contributed by atoms with Gasteiger partial charge in [0.1, 0.15) is 0 Å². The van der Waals surface area contributed by atoms with Gasteiger partial charge in [-0.3, -0.25) is 4.68 Å². The second kappa shape index (κ2) is 4.39. The monoisotopic (exact) mass is 264 g/mol. The highest BCUT2D eigenvalue weighted by molar-refractivity contribution is 7.15. The summed E-state index contributed by atoms with van der Waals surface area (Å²) in [5.74, 6) is 0. The summed E-state index contributed by atoms with van der Waals surface area (Å²) in [4.78, 5) is 5.73. The summed E-state index contributed by atoms with van der Waals surface area (Å²) < 4.78 is 1.85. The molecule has 4 nitrogen and oxygen atoms in total. The van der Waals surface area contributed by atoms with Crippen LogP contribution in [0.2, 0.25) is 0 Å². The molecule has 2 N–H and O–H groups in total. The maximum atomic E-state index is 5.86. The zero-order valence-electron chi connectivity index (χ0n) is 11.6. The fourth-order valence-electron chi connectivity index (χ4n) is 2.07. The van der Waals surface area contributed by atoms with Crippen molar-refractivity contribution < 1.29 is 0 Å². The molecule has 0 saturated carbocycles. The van der Waals surface area contributed by atoms with E-state index in [1.54, 1.807) is 11.3 Å². The Kier molecular flexibility index (Phi) is 3.19. The first-order chi connectivity index (χ1) is 8.27. The highest BCUT2D eigenvalue weighted by atomic mass is 32.1. The SMILES string of the molecule is Cc1nn(C)cc1Cc1sc(N)nc1C(C)(C)C. The fourth-order valence-corrected chi connectivity index (χ4v) is 3.14. The number of nitrogens with two attached hydrogens (primary N) is 1. The van der Waals surface area contributed by atoms with Crippen LogP contribution >= 0.6 is 11.3 Å². The van der Waals surface area contributed by atoms with Gasteiger partial charge in [0.25, 0.3) is 0 Å². The molecule has 0 aliphatic rings. The van der Waals surface area contributed by atoms with Crippen LogP contribution in [0.1, 0.15) is 42.6 Å². The molecule has 0 aromatic carbocycles. The van der Waals surface area contributed by atoms with Crippen LogP contribution in [0.5, 0.6) is 0 Å². The molecule has 0 bridgehead atoms. The van der Waals surface area contributed by atoms with Gasteiger partial charge in [0.05, 0.1) is 11.4 Å². The van der Waals surface area contributed by atoms with Crippen LogP contribution in [0.4, 0.5) is 5.13 Å². The Morgan fingerprint density at radius 3 is 2.56 bits per heavy atom. The molecule has 18 heavy (non-hydrogen) atoms. The van der Waals surface area contributed by atoms with Crippen molar-refractivity contribution in [3.05, 3.63) is 28.0 Å². The van der Waals surface area contributed by atoms with Crippen molar-refractivity contribution in [2.24, 2.45) is 7.05 Å². The van der Waals surface area contributed by atoms with Gasteiger partial charge in [-0.2, -0.15) is 5.10 Å². The van der Waals surface area contributed by atoms with Crippen LogP contribution in [-0.4, -0.2) is 14.8 Å². The smallest absolute Gasteiger partial charge is 0.180 e. The quantitative estimate of drug-likeness (QED) is 0.907. The van der Waals surface area contributed by atoms with E-state index in [0.717, 1.165) is 17.8 Å². The van der Waals surface area contributed by atoms with Crippen LogP contribution < -0.4 is 5.73 Å². The number of thiazole rings is 1. The first-order valence-corrected chi connectivity index (χ1v) is 6.84. The lowest BCUT2D eigenvalue weighted by molar-refractivity contribution is 0.568. The predicted molar refractivity (Wildman–Crippen MR) is 76.0 cm³/mol. The van der Waals surface area contributed by atoms with Gasteiger partial charge in [-0.15, -0.1) is 11.3 Å². The normalized spacial score (nSPS) is 12.1. The van der Waals surface area contributed by atoms with Crippen molar-refractivity contribution in [2.75, 3.05) is 5.73 Å². The van der Waals surface area contributed by atoms with Crippen molar-refractivity contribution in [3.8, 4) is 0 Å². The van der Waals surface area contributed by atoms with E-state index in [1.807, 2.05) is 18.7 Å². The van der Waals surface area contributed by atoms with Gasteiger partial charge < -0.3 is 5.73 Å². The van der Waals surface area contributed by atoms with Crippen molar-refractivity contribution in [2.45, 2.75) is 39.5 Å². The van der Waals surface area contributed by atoms with E-state index in [-0.39, 0.29) is 5.41 Å². The largest absolute Gasteiger partial charge is 0.375 e. The zero-order chi connectivity index (χ0) is 13.5. The van der Waals surface area contributed by atoms with E-state index in [9.17, 15) is 0 Å². The highest BCUT2D eigenvalue weighted by Crippen LogP contribution is 2.32. The predicted octanol–water partition coefficient (Wildman–Crippen LogP) is 2.66. The van der Waals surface area contributed by atoms with E-state index >= 15 is 0 Å². The van der Waals surface area contributed by atoms with Gasteiger partial charge in [-0.1, -0.05) is 20.8 Å². The van der Waals surface area contributed by atoms with Gasteiger partial charge in [-0.25, -0.2) is 4.98 Å². The Hall–Kier alpha value is -1.36. The van der Waals surface area contributed by atoms with Crippen LogP contribution in [0.3, 0.4) is 0 Å². The molecule has 98 valence electrons. The highest BCUT2D eigenvalue weighted by Gasteiger charge is 2.23. The molecule has 5 heteroatoms. The zero-order valence-corrected chi connectivity index (χ0v) is 12.4. The minimum atomic E-state index is 0.0273. The number of anilines is 1. The summed E-state index contributed by atoms with van der Waals surface area (Å²) in [6.45, 7) is 8.54. The minimum Gasteiger partial charge on any atom is -0.375 e. The number of aryl methyl sites for hydroxylation is 2. The van der Waals surface area contributed by atoms with Gasteiger partial charge in [-0.05, 0) is 12.5 Å². The van der Waals surface area contributed by atoms with E-state index in [0.29, 0.717) is 5.13 Å². The average molecular weight is 264 g/mol. The second-order valence-electron chi connectivity index (χ2n) is 5.66. The molecule has 2 aromatic heterocycles. The Morgan fingerprint density at radius 1 is 1.39 bits per heavy atom. The minimum absolute atomic E-state index is 0.0273. The summed E-state index contributed by atoms with van der Waals surface area (Å²) in [6, 6.07) is 0. The number of nitrogens with zero attached hydrogens (tertiary/aromatic N) is 3. The molecular formula is C13H20N4S. The lowest BCUT2D eigenvalue weighted by Crippen LogP contribution is -2.14. The molecule has 0 spiro atoms. The van der Waals surface area contributed by atoms with E-state index in [2.05, 4.69) is 37.1 Å². The van der Waals surface area contributed by atoms with E-state index < -0.39 is 0 Å². The maximum absolute atomic E-state index is 5.86. The van der Waals surface area contributed by atoms with Gasteiger partial charge >= 0.3 is 0 Å². The summed E-state index contributed by atoms with van der Waals surface area (Å²) in [5.41, 5.74) is 9.31. The van der Waals surface area contributed by atoms with E-state index in [4.69, 9.17) is 5.73 Å². The second-order valence-corrected chi connectivity index (χ2v) is 6.78. The molecule has 0 unspecified atom stereocenters. The number of rotatable bonds is 2. The summed E-state index contributed by atoms with van der Waals surface area (Å²) >= 11 is 1.58. The van der Waals surface area contributed by atoms with Crippen LogP contribution in [0, 0.1) is 6.92 Å². The number of hydrogen-bond donors (Lipinski definition) is 1. The molecule has 0 saturated heterocycles. The molecule has 2 rings (SSSR count). The van der Waals surface area contributed by atoms with Crippen LogP contribution in [0.15, 0.2) is 6.20 Å². The summed E-state index contributed by atoms with van der Waals surface area (Å²) in [7, 11) is 1.95. The maximum Gasteiger partial charge on any atom is 0.180 e. The van der Waals surface area contributed by atoms with Crippen LogP contribution in [-0.2, 0) is 18.9 Å². The Morgan fingerprint density at radius 2 is 2.06 bits per heavy atom. The Bertz CT molecular complexity index is 560. The van der Waals surface area contributed by atoms with Crippen LogP contribution in [0.25, 0.3) is 0 Å². The molecular weight excluding hydrogens is 244 g/mol. The molecule has 0 fully saturated rings.